The van der Waals surface area contributed by atoms with Crippen molar-refractivity contribution in [2.24, 2.45) is 5.92 Å². The van der Waals surface area contributed by atoms with E-state index in [1.165, 1.54) is 39.5 Å². The quantitative estimate of drug-likeness (QED) is 0.917. The predicted molar refractivity (Wildman–Crippen MR) is 88.7 cm³/mol. The molecule has 2 aliphatic carbocycles. The lowest BCUT2D eigenvalue weighted by molar-refractivity contribution is 0.521. The van der Waals surface area contributed by atoms with E-state index in [9.17, 15) is 0 Å². The summed E-state index contributed by atoms with van der Waals surface area (Å²) in [5, 5.41) is 4.81. The second-order valence-corrected chi connectivity index (χ2v) is 8.23. The molecule has 0 radical (unpaired) electrons. The fourth-order valence-electron chi connectivity index (χ4n) is 3.29. The molecule has 0 saturated heterocycles. The number of rotatable bonds is 4. The molecule has 1 fully saturated rings. The summed E-state index contributed by atoms with van der Waals surface area (Å²) in [6, 6.07) is 8.78. The van der Waals surface area contributed by atoms with E-state index in [2.05, 4.69) is 43.4 Å². The maximum absolute atomic E-state index is 4.93. The van der Waals surface area contributed by atoms with E-state index in [1.807, 2.05) is 11.3 Å². The Morgan fingerprint density at radius 1 is 1.29 bits per heavy atom. The number of hydrogen-bond acceptors (Lipinski definition) is 3. The van der Waals surface area contributed by atoms with Crippen LogP contribution in [0.15, 0.2) is 24.3 Å². The van der Waals surface area contributed by atoms with Gasteiger partial charge in [0.05, 0.1) is 5.69 Å². The third-order valence-corrected chi connectivity index (χ3v) is 5.72. The summed E-state index contributed by atoms with van der Waals surface area (Å²) in [5.41, 5.74) is 4.24. The molecule has 3 heteroatoms. The van der Waals surface area contributed by atoms with Crippen molar-refractivity contribution in [1.82, 2.24) is 10.3 Å². The van der Waals surface area contributed by atoms with Crippen LogP contribution in [0.2, 0.25) is 0 Å². The Kier molecular flexibility index (Phi) is 3.16. The lowest BCUT2D eigenvalue weighted by Gasteiger charge is -2.31. The van der Waals surface area contributed by atoms with E-state index in [0.29, 0.717) is 0 Å². The molecule has 1 N–H and O–H groups in total. The van der Waals surface area contributed by atoms with E-state index < -0.39 is 0 Å². The van der Waals surface area contributed by atoms with Gasteiger partial charge in [0.1, 0.15) is 5.01 Å². The molecule has 1 saturated carbocycles. The molecule has 2 nitrogen and oxygen atoms in total. The van der Waals surface area contributed by atoms with Crippen LogP contribution in [-0.2, 0) is 18.4 Å². The van der Waals surface area contributed by atoms with Crippen molar-refractivity contribution in [2.75, 3.05) is 6.54 Å². The highest BCUT2D eigenvalue weighted by Gasteiger charge is 2.33. The highest BCUT2D eigenvalue weighted by atomic mass is 32.1. The van der Waals surface area contributed by atoms with Gasteiger partial charge in [0.2, 0.25) is 0 Å². The van der Waals surface area contributed by atoms with Crippen LogP contribution in [0.4, 0.5) is 0 Å². The third kappa shape index (κ3) is 2.53. The zero-order chi connectivity index (χ0) is 14.4. The van der Waals surface area contributed by atoms with Crippen molar-refractivity contribution in [1.29, 1.82) is 0 Å². The zero-order valence-corrected chi connectivity index (χ0v) is 13.6. The molecular weight excluding hydrogens is 276 g/mol. The van der Waals surface area contributed by atoms with Crippen molar-refractivity contribution in [3.63, 3.8) is 0 Å². The maximum Gasteiger partial charge on any atom is 0.107 e. The molecule has 1 heterocycles. The first-order valence-electron chi connectivity index (χ1n) is 7.93. The second kappa shape index (κ2) is 4.92. The monoisotopic (exact) mass is 298 g/mol. The molecule has 1 aromatic carbocycles. The summed E-state index contributed by atoms with van der Waals surface area (Å²) in [4.78, 5) is 6.39. The van der Waals surface area contributed by atoms with Crippen molar-refractivity contribution < 1.29 is 0 Å². The minimum absolute atomic E-state index is 0.217. The molecule has 0 atom stereocenters. The number of nitrogens with one attached hydrogen (secondary N) is 1. The predicted octanol–water partition coefficient (Wildman–Crippen LogP) is 4.14. The second-order valence-electron chi connectivity index (χ2n) is 7.06. The smallest absolute Gasteiger partial charge is 0.107 e. The van der Waals surface area contributed by atoms with Gasteiger partial charge in [0.15, 0.2) is 0 Å². The van der Waals surface area contributed by atoms with Gasteiger partial charge in [-0.25, -0.2) is 4.98 Å². The van der Waals surface area contributed by atoms with Crippen molar-refractivity contribution in [3.8, 4) is 11.3 Å². The number of thiazole rings is 1. The van der Waals surface area contributed by atoms with E-state index >= 15 is 0 Å². The van der Waals surface area contributed by atoms with Crippen LogP contribution in [0, 0.1) is 5.92 Å². The van der Waals surface area contributed by atoms with E-state index in [0.717, 1.165) is 25.4 Å². The number of aromatic nitrogens is 1. The minimum Gasteiger partial charge on any atom is -0.310 e. The Morgan fingerprint density at radius 3 is 2.90 bits per heavy atom. The molecule has 0 spiro atoms. The Bertz CT molecular complexity index is 668. The molecule has 110 valence electrons. The summed E-state index contributed by atoms with van der Waals surface area (Å²) in [7, 11) is 0. The van der Waals surface area contributed by atoms with Crippen LogP contribution in [0.25, 0.3) is 11.3 Å². The molecule has 2 aromatic rings. The van der Waals surface area contributed by atoms with Crippen LogP contribution in [0.5, 0.6) is 0 Å². The van der Waals surface area contributed by atoms with Gasteiger partial charge in [-0.1, -0.05) is 38.1 Å². The first-order chi connectivity index (χ1) is 10.1. The van der Waals surface area contributed by atoms with Gasteiger partial charge in [-0.05, 0) is 42.7 Å². The van der Waals surface area contributed by atoms with Crippen LogP contribution in [0.1, 0.15) is 42.1 Å². The molecule has 0 aliphatic heterocycles. The summed E-state index contributed by atoms with van der Waals surface area (Å²) in [5.74, 6) is 0.930. The fraction of sp³-hybridized carbons (Fsp3) is 0.500. The number of fused-ring (bicyclic) bond motifs is 3. The van der Waals surface area contributed by atoms with Gasteiger partial charge in [-0.15, -0.1) is 11.3 Å². The molecule has 0 amide bonds. The average Bonchev–Trinajstić information content (AvgIpc) is 3.19. The van der Waals surface area contributed by atoms with Gasteiger partial charge in [-0.3, -0.25) is 0 Å². The average molecular weight is 298 g/mol. The van der Waals surface area contributed by atoms with Crippen LogP contribution in [0.3, 0.4) is 0 Å². The maximum atomic E-state index is 4.93. The molecule has 0 bridgehead atoms. The first-order valence-corrected chi connectivity index (χ1v) is 8.74. The summed E-state index contributed by atoms with van der Waals surface area (Å²) < 4.78 is 0. The van der Waals surface area contributed by atoms with E-state index in [-0.39, 0.29) is 5.41 Å². The Hall–Kier alpha value is -1.19. The van der Waals surface area contributed by atoms with E-state index in [1.54, 1.807) is 0 Å². The lowest BCUT2D eigenvalue weighted by Crippen LogP contribution is -2.24. The molecule has 1 aromatic heterocycles. The number of benzene rings is 1. The Labute approximate surface area is 130 Å². The topological polar surface area (TPSA) is 24.9 Å². The van der Waals surface area contributed by atoms with Gasteiger partial charge < -0.3 is 5.32 Å². The standard InChI is InChI=1S/C18H22N2S/c1-18(2)9-15-17(13-5-3-4-6-14(13)18)20-16(21-15)11-19-10-12-7-8-12/h3-6,12,19H,7-11H2,1-2H3. The number of hydrogen-bond donors (Lipinski definition) is 1. The van der Waals surface area contributed by atoms with Gasteiger partial charge in [0.25, 0.3) is 0 Å². The largest absolute Gasteiger partial charge is 0.310 e. The Morgan fingerprint density at radius 2 is 2.10 bits per heavy atom. The highest BCUT2D eigenvalue weighted by molar-refractivity contribution is 7.12. The summed E-state index contributed by atoms with van der Waals surface area (Å²) in [6.45, 7) is 6.78. The third-order valence-electron chi connectivity index (χ3n) is 4.66. The van der Waals surface area contributed by atoms with Crippen molar-refractivity contribution in [2.45, 2.75) is 45.1 Å². The van der Waals surface area contributed by atoms with Crippen LogP contribution in [-0.4, -0.2) is 11.5 Å². The molecule has 21 heavy (non-hydrogen) atoms. The van der Waals surface area contributed by atoms with Crippen LogP contribution < -0.4 is 5.32 Å². The minimum atomic E-state index is 0.217. The van der Waals surface area contributed by atoms with Crippen LogP contribution >= 0.6 is 11.3 Å². The zero-order valence-electron chi connectivity index (χ0n) is 12.8. The molecule has 4 rings (SSSR count). The van der Waals surface area contributed by atoms with Crippen molar-refractivity contribution in [3.05, 3.63) is 39.7 Å². The normalized spacial score (nSPS) is 19.1. The molecular formula is C18H22N2S. The highest BCUT2D eigenvalue weighted by Crippen LogP contribution is 2.44. The number of nitrogens with zero attached hydrogens (tertiary/aromatic N) is 1. The van der Waals surface area contributed by atoms with E-state index in [4.69, 9.17) is 4.98 Å². The first kappa shape index (κ1) is 13.5. The molecule has 0 unspecified atom stereocenters. The SMILES string of the molecule is CC1(C)Cc2sc(CNCC3CC3)nc2-c2ccccc21. The fourth-order valence-corrected chi connectivity index (χ4v) is 4.57. The van der Waals surface area contributed by atoms with Crippen molar-refractivity contribution >= 4 is 11.3 Å². The van der Waals surface area contributed by atoms with Gasteiger partial charge >= 0.3 is 0 Å². The lowest BCUT2D eigenvalue weighted by atomic mass is 9.74. The summed E-state index contributed by atoms with van der Waals surface area (Å²) >= 11 is 1.90. The molecule has 2 aliphatic rings. The van der Waals surface area contributed by atoms with Gasteiger partial charge in [0, 0.05) is 17.0 Å². The Balaban J connectivity index is 1.63. The van der Waals surface area contributed by atoms with Gasteiger partial charge in [-0.2, -0.15) is 0 Å². The summed E-state index contributed by atoms with van der Waals surface area (Å²) in [6.07, 6.45) is 3.92.